The Hall–Kier alpha value is -0.270. The highest BCUT2D eigenvalue weighted by atomic mass is 32.2. The van der Waals surface area contributed by atoms with Crippen LogP contribution in [0.3, 0.4) is 0 Å². The summed E-state index contributed by atoms with van der Waals surface area (Å²) in [5.41, 5.74) is 0. The summed E-state index contributed by atoms with van der Waals surface area (Å²) in [5.74, 6) is -0.709. The summed E-state index contributed by atoms with van der Waals surface area (Å²) in [4.78, 5) is 0. The quantitative estimate of drug-likeness (QED) is 0.296. The fourth-order valence-corrected chi connectivity index (χ4v) is 5.77. The van der Waals surface area contributed by atoms with Gasteiger partial charge >= 0.3 is 0 Å². The first-order valence-corrected chi connectivity index (χ1v) is 14.3. The van der Waals surface area contributed by atoms with Gasteiger partial charge in [0, 0.05) is 0 Å². The second-order valence-electron chi connectivity index (χ2n) is 6.57. The summed E-state index contributed by atoms with van der Waals surface area (Å²) >= 11 is 0. The van der Waals surface area contributed by atoms with E-state index in [-0.39, 0.29) is 17.3 Å². The molecule has 12 heteroatoms. The largest absolute Gasteiger partial charge is 0.267 e. The van der Waals surface area contributed by atoms with Crippen molar-refractivity contribution in [2.75, 3.05) is 23.9 Å². The van der Waals surface area contributed by atoms with Crippen LogP contribution in [-0.2, 0) is 42.9 Å². The fraction of sp³-hybridized carbons (Fsp3) is 1.00. The molecule has 0 fully saturated rings. The van der Waals surface area contributed by atoms with Crippen molar-refractivity contribution in [2.45, 2.75) is 78.4 Å². The van der Waals surface area contributed by atoms with Gasteiger partial charge in [0.1, 0.15) is 12.2 Å². The van der Waals surface area contributed by atoms with Gasteiger partial charge in [-0.1, -0.05) is 40.0 Å². The minimum Gasteiger partial charge on any atom is -0.267 e. The van der Waals surface area contributed by atoms with E-state index in [0.717, 1.165) is 0 Å². The Kier molecular flexibility index (Phi) is 13.0. The molecule has 28 heavy (non-hydrogen) atoms. The van der Waals surface area contributed by atoms with Gasteiger partial charge in [0.25, 0.3) is 30.4 Å². The van der Waals surface area contributed by atoms with Crippen molar-refractivity contribution < 1.29 is 37.8 Å². The molecule has 2 atom stereocenters. The van der Waals surface area contributed by atoms with Gasteiger partial charge in [-0.15, -0.1) is 0 Å². The summed E-state index contributed by atoms with van der Waals surface area (Å²) in [6.45, 7) is 6.11. The number of hydrogen-bond donors (Lipinski definition) is 0. The smallest absolute Gasteiger partial charge is 0.267 e. The minimum absolute atomic E-state index is 0.219. The Balaban J connectivity index is 5.26. The van der Waals surface area contributed by atoms with E-state index in [1.54, 1.807) is 0 Å². The fourth-order valence-electron chi connectivity index (χ4n) is 2.01. The molecule has 0 bridgehead atoms. The van der Waals surface area contributed by atoms with Gasteiger partial charge in [-0.3, -0.25) is 12.5 Å². The lowest BCUT2D eigenvalue weighted by atomic mass is 10.2. The predicted octanol–water partition coefficient (Wildman–Crippen LogP) is 2.18. The molecule has 0 aromatic heterocycles. The number of rotatable bonds is 17. The second kappa shape index (κ2) is 13.1. The highest BCUT2D eigenvalue weighted by Gasteiger charge is 2.31. The van der Waals surface area contributed by atoms with Crippen LogP contribution in [0.25, 0.3) is 0 Å². The van der Waals surface area contributed by atoms with E-state index in [9.17, 15) is 25.3 Å². The van der Waals surface area contributed by atoms with Gasteiger partial charge in [0.2, 0.25) is 0 Å². The molecule has 2 unspecified atom stereocenters. The van der Waals surface area contributed by atoms with Crippen LogP contribution in [0.15, 0.2) is 0 Å². The Morgan fingerprint density at radius 3 is 1.46 bits per heavy atom. The summed E-state index contributed by atoms with van der Waals surface area (Å²) < 4.78 is 86.9. The molecule has 0 aromatic rings. The molecule has 0 radical (unpaired) electrons. The van der Waals surface area contributed by atoms with Gasteiger partial charge in [-0.2, -0.15) is 25.3 Å². The number of unbranched alkanes of at least 4 members (excludes halogenated alkanes) is 3. The first-order valence-electron chi connectivity index (χ1n) is 9.57. The molecule has 0 spiro atoms. The zero-order chi connectivity index (χ0) is 21.8. The molecule has 170 valence electrons. The van der Waals surface area contributed by atoms with Crippen LogP contribution in [-0.4, -0.2) is 61.3 Å². The molecule has 0 aliphatic carbocycles. The molecule has 9 nitrogen and oxygen atoms in total. The molecule has 0 aromatic carbocycles. The standard InChI is InChI=1S/C16H34O9S3/c1-5-8-11-26(17,18)23-14-16(25-28(21,22)13-10-7-3)15(4)24-27(19,20)12-9-6-2/h15-16H,5-14H2,1-4H3. The van der Waals surface area contributed by atoms with Crippen molar-refractivity contribution in [3.05, 3.63) is 0 Å². The van der Waals surface area contributed by atoms with Crippen molar-refractivity contribution in [3.8, 4) is 0 Å². The minimum atomic E-state index is -3.99. The molecule has 0 saturated heterocycles. The molecule has 0 aliphatic rings. The SMILES string of the molecule is CCCCS(=O)(=O)OCC(OS(=O)(=O)CCCC)C(C)OS(=O)(=O)CCCC. The zero-order valence-corrected chi connectivity index (χ0v) is 19.6. The van der Waals surface area contributed by atoms with Crippen molar-refractivity contribution >= 4 is 30.4 Å². The summed E-state index contributed by atoms with van der Waals surface area (Å²) in [6, 6.07) is 0. The molecule has 0 saturated carbocycles. The van der Waals surface area contributed by atoms with Gasteiger partial charge < -0.3 is 0 Å². The average molecular weight is 467 g/mol. The maximum Gasteiger partial charge on any atom is 0.267 e. The van der Waals surface area contributed by atoms with Crippen molar-refractivity contribution in [1.82, 2.24) is 0 Å². The maximum absolute atomic E-state index is 12.1. The molecule has 0 amide bonds. The third-order valence-electron chi connectivity index (χ3n) is 3.75. The van der Waals surface area contributed by atoms with Crippen LogP contribution < -0.4 is 0 Å². The van der Waals surface area contributed by atoms with Crippen LogP contribution in [0.1, 0.15) is 66.2 Å². The van der Waals surface area contributed by atoms with E-state index < -0.39 is 49.2 Å². The van der Waals surface area contributed by atoms with E-state index in [1.165, 1.54) is 6.92 Å². The molecule has 0 heterocycles. The molecule has 0 N–H and O–H groups in total. The van der Waals surface area contributed by atoms with E-state index in [1.807, 2.05) is 20.8 Å². The van der Waals surface area contributed by atoms with Crippen molar-refractivity contribution in [2.24, 2.45) is 0 Å². The lowest BCUT2D eigenvalue weighted by molar-refractivity contribution is 0.0415. The second-order valence-corrected chi connectivity index (χ2v) is 11.8. The number of hydrogen-bond acceptors (Lipinski definition) is 9. The van der Waals surface area contributed by atoms with Gasteiger partial charge in [0.05, 0.1) is 23.9 Å². The van der Waals surface area contributed by atoms with Gasteiger partial charge in [-0.05, 0) is 26.2 Å². The van der Waals surface area contributed by atoms with Crippen LogP contribution in [0.2, 0.25) is 0 Å². The summed E-state index contributed by atoms with van der Waals surface area (Å²) in [7, 11) is -11.8. The van der Waals surface area contributed by atoms with Crippen molar-refractivity contribution in [3.63, 3.8) is 0 Å². The average Bonchev–Trinajstić information content (AvgIpc) is 2.59. The Labute approximate surface area is 170 Å². The third-order valence-corrected chi connectivity index (χ3v) is 7.75. The van der Waals surface area contributed by atoms with E-state index in [4.69, 9.17) is 12.5 Å². The monoisotopic (exact) mass is 466 g/mol. The summed E-state index contributed by atoms with van der Waals surface area (Å²) in [5, 5.41) is 0. The lowest BCUT2D eigenvalue weighted by Crippen LogP contribution is -2.38. The van der Waals surface area contributed by atoms with Crippen LogP contribution in [0, 0.1) is 0 Å². The molecular formula is C16H34O9S3. The van der Waals surface area contributed by atoms with Gasteiger partial charge in [-0.25, -0.2) is 0 Å². The Morgan fingerprint density at radius 2 is 1.04 bits per heavy atom. The Bertz CT molecular complexity index is 727. The normalized spacial score (nSPS) is 15.4. The lowest BCUT2D eigenvalue weighted by Gasteiger charge is -2.23. The first kappa shape index (κ1) is 27.7. The van der Waals surface area contributed by atoms with E-state index >= 15 is 0 Å². The highest BCUT2D eigenvalue weighted by Crippen LogP contribution is 2.15. The van der Waals surface area contributed by atoms with Crippen LogP contribution >= 0.6 is 0 Å². The maximum atomic E-state index is 12.1. The third kappa shape index (κ3) is 13.0. The van der Waals surface area contributed by atoms with Crippen molar-refractivity contribution in [1.29, 1.82) is 0 Å². The molecule has 0 rings (SSSR count). The van der Waals surface area contributed by atoms with E-state index in [2.05, 4.69) is 0 Å². The zero-order valence-electron chi connectivity index (χ0n) is 17.1. The van der Waals surface area contributed by atoms with Crippen LogP contribution in [0.5, 0.6) is 0 Å². The predicted molar refractivity (Wildman–Crippen MR) is 107 cm³/mol. The molecular weight excluding hydrogens is 432 g/mol. The topological polar surface area (TPSA) is 130 Å². The molecule has 0 aliphatic heterocycles. The van der Waals surface area contributed by atoms with Gasteiger partial charge in [0.15, 0.2) is 0 Å². The van der Waals surface area contributed by atoms with E-state index in [0.29, 0.717) is 38.5 Å². The first-order chi connectivity index (χ1) is 12.9. The highest BCUT2D eigenvalue weighted by molar-refractivity contribution is 7.87. The van der Waals surface area contributed by atoms with Crippen LogP contribution in [0.4, 0.5) is 0 Å². The Morgan fingerprint density at radius 1 is 0.643 bits per heavy atom. The summed E-state index contributed by atoms with van der Waals surface area (Å²) in [6.07, 6.45) is 0.386.